The van der Waals surface area contributed by atoms with E-state index in [1.54, 1.807) is 19.1 Å². The Kier molecular flexibility index (Phi) is 16.8. The molecular formula is C52H72N10O13. The average molecular weight is 1050 g/mol. The minimum atomic E-state index is -1.62. The minimum absolute atomic E-state index is 0.0113. The number of carboxylic acids is 2. The number of carbonyl (C=O) groups is 3. The van der Waals surface area contributed by atoms with E-state index in [4.69, 9.17) is 57.6 Å². The van der Waals surface area contributed by atoms with Crippen LogP contribution in [0.15, 0.2) is 24.8 Å². The summed E-state index contributed by atoms with van der Waals surface area (Å²) in [5, 5.41) is 68.2. The number of aliphatic carboxylic acids is 2. The summed E-state index contributed by atoms with van der Waals surface area (Å²) in [4.78, 5) is 56.8. The number of aliphatic hydroxyl groups excluding tert-OH is 4. The Balaban J connectivity index is 1.06. The molecule has 1 amide bonds. The number of nitrogens with zero attached hydrogens (tertiary/aromatic N) is 2. The van der Waals surface area contributed by atoms with Crippen molar-refractivity contribution in [1.29, 1.82) is 0 Å². The average Bonchev–Trinajstić information content (AvgIpc) is 4.05. The molecule has 0 spiro atoms. The first kappa shape index (κ1) is 55.7. The van der Waals surface area contributed by atoms with Gasteiger partial charge in [0.05, 0.1) is 59.5 Å². The maximum absolute atomic E-state index is 13.9. The summed E-state index contributed by atoms with van der Waals surface area (Å²) in [6.07, 6.45) is -10.6. The topological polar surface area (TPSA) is 409 Å². The van der Waals surface area contributed by atoms with E-state index >= 15 is 0 Å². The lowest BCUT2D eigenvalue weighted by molar-refractivity contribution is -0.311. The molecule has 7 heterocycles. The SMILES string of the molecule is C=Cc1c(C)c2cc3nc(c(CC(=O)O)c4nc(cc5[nH]c(cc1[nH]2)c(C)c5CC)C(C)=C4C(=O)O)[C@@H](CCC(=O)NCC1OC(OC2C(N)CC(N)C(OC4OC(CN)C(O)CC4N)C2O)C(O)C(N)C1O)[C@@H]3C. The molecule has 3 aromatic rings. The van der Waals surface area contributed by atoms with Crippen LogP contribution in [0.2, 0.25) is 0 Å². The van der Waals surface area contributed by atoms with E-state index in [1.165, 1.54) is 0 Å². The van der Waals surface area contributed by atoms with Crippen LogP contribution in [0.4, 0.5) is 0 Å². The van der Waals surface area contributed by atoms with E-state index in [0.717, 1.165) is 44.3 Å². The van der Waals surface area contributed by atoms with Gasteiger partial charge in [-0.3, -0.25) is 14.6 Å². The van der Waals surface area contributed by atoms with Crippen LogP contribution in [0.25, 0.3) is 39.3 Å². The Bertz CT molecular complexity index is 2890. The van der Waals surface area contributed by atoms with Gasteiger partial charge in [0.15, 0.2) is 12.6 Å². The molecule has 3 aromatic heterocycles. The summed E-state index contributed by atoms with van der Waals surface area (Å²) in [5.41, 5.74) is 39.4. The second-order valence-electron chi connectivity index (χ2n) is 20.5. The Hall–Kier alpha value is -5.51. The standard InChI is InChI=1S/C52H72N10O13/c1-7-23-19(3)30-14-32-21(5)25(43(61-32)26(11-40(65)66)44-41(50(70)71)22(6)33(62-44)16-35-24(8-2)20(4)31(60-35)15-34(23)59-30)9-10-39(64)58-18-38-45(67)42(57)46(68)52(73-38)75-49-28(55)12-27(54)48(47(49)69)74-51-29(56)13-36(63)37(17-53)72-51/h7,14-16,21,25,27-29,36-38,42,45-49,51-52,59-60,63,67-69H,1,8-13,17-18,53-57H2,2-6H3,(H,58,64)(H,65,66)(H,70,71)/t21-,25-,27?,28?,29?,36?,37?,38?,42?,45?,46?,47?,48?,49?,51?,52?/m0/s1. The number of aromatic amines is 2. The van der Waals surface area contributed by atoms with Gasteiger partial charge in [-0.05, 0) is 86.9 Å². The first-order chi connectivity index (χ1) is 35.6. The number of aryl methyl sites for hydroxylation is 3. The van der Waals surface area contributed by atoms with Gasteiger partial charge in [-0.25, -0.2) is 9.78 Å². The number of carbonyl (C=O) groups excluding carboxylic acids is 1. The van der Waals surface area contributed by atoms with Gasteiger partial charge in [-0.1, -0.05) is 26.5 Å². The maximum Gasteiger partial charge on any atom is 0.338 e. The number of hydrogen-bond donors (Lipinski definition) is 14. The molecule has 0 aromatic carbocycles. The molecule has 1 saturated carbocycles. The highest BCUT2D eigenvalue weighted by Gasteiger charge is 2.50. The molecule has 75 heavy (non-hydrogen) atoms. The Labute approximate surface area is 432 Å². The van der Waals surface area contributed by atoms with Gasteiger partial charge < -0.3 is 93.5 Å². The highest BCUT2D eigenvalue weighted by atomic mass is 16.7. The van der Waals surface area contributed by atoms with Crippen molar-refractivity contribution in [3.05, 3.63) is 75.4 Å². The Morgan fingerprint density at radius 1 is 0.827 bits per heavy atom. The van der Waals surface area contributed by atoms with Crippen LogP contribution in [-0.4, -0.2) is 167 Å². The summed E-state index contributed by atoms with van der Waals surface area (Å²) in [5.74, 6) is -4.07. The number of carboxylic acid groups (broad SMARTS) is 2. The van der Waals surface area contributed by atoms with Gasteiger partial charge in [0.25, 0.3) is 0 Å². The maximum atomic E-state index is 13.9. The Morgan fingerprint density at radius 3 is 2.12 bits per heavy atom. The van der Waals surface area contributed by atoms with E-state index in [1.807, 2.05) is 39.8 Å². The van der Waals surface area contributed by atoms with Crippen molar-refractivity contribution in [3.63, 3.8) is 0 Å². The molecule has 2 saturated heterocycles. The number of rotatable bonds is 15. The second kappa shape index (κ2) is 22.6. The zero-order valence-corrected chi connectivity index (χ0v) is 42.7. The number of ether oxygens (including phenoxy) is 4. The van der Waals surface area contributed by atoms with Crippen molar-refractivity contribution in [2.45, 2.75) is 171 Å². The fraction of sp³-hybridized carbons (Fsp3) is 0.558. The van der Waals surface area contributed by atoms with Gasteiger partial charge in [0.1, 0.15) is 30.5 Å². The zero-order chi connectivity index (χ0) is 54.5. The number of hydrogen-bond acceptors (Lipinski definition) is 18. The number of amides is 1. The molecule has 19 N–H and O–H groups in total. The van der Waals surface area contributed by atoms with Crippen LogP contribution in [0.1, 0.15) is 109 Å². The van der Waals surface area contributed by atoms with Gasteiger partial charge in [-0.2, -0.15) is 0 Å². The molecule has 23 heteroatoms. The monoisotopic (exact) mass is 1040 g/mol. The molecule has 3 fully saturated rings. The number of nitrogens with two attached hydrogens (primary N) is 5. The molecule has 1 aliphatic carbocycles. The van der Waals surface area contributed by atoms with Crippen LogP contribution < -0.4 is 34.0 Å². The van der Waals surface area contributed by atoms with Crippen molar-refractivity contribution >= 4 is 57.1 Å². The summed E-state index contributed by atoms with van der Waals surface area (Å²) < 4.78 is 24.0. The van der Waals surface area contributed by atoms with Crippen LogP contribution in [0, 0.1) is 13.8 Å². The molecule has 8 rings (SSSR count). The number of H-pyrrole nitrogens is 2. The van der Waals surface area contributed by atoms with E-state index in [9.17, 15) is 45.0 Å². The second-order valence-corrected chi connectivity index (χ2v) is 20.5. The lowest BCUT2D eigenvalue weighted by atomic mass is 9.84. The lowest BCUT2D eigenvalue weighted by Crippen LogP contribution is -2.68. The van der Waals surface area contributed by atoms with Gasteiger partial charge in [0, 0.05) is 82.3 Å². The number of fused-ring (bicyclic) bond motifs is 8. The van der Waals surface area contributed by atoms with E-state index in [0.29, 0.717) is 23.4 Å². The smallest absolute Gasteiger partial charge is 0.338 e. The van der Waals surface area contributed by atoms with Gasteiger partial charge >= 0.3 is 11.9 Å². The van der Waals surface area contributed by atoms with Crippen molar-refractivity contribution in [3.8, 4) is 0 Å². The number of aliphatic hydroxyl groups is 4. The molecule has 23 nitrogen and oxygen atoms in total. The predicted molar refractivity (Wildman–Crippen MR) is 276 cm³/mol. The normalized spacial score (nSPS) is 32.1. The molecule has 408 valence electrons. The molecule has 14 unspecified atom stereocenters. The fourth-order valence-electron chi connectivity index (χ4n) is 11.3. The molecule has 8 bridgehead atoms. The summed E-state index contributed by atoms with van der Waals surface area (Å²) in [6, 6.07) is 1.85. The van der Waals surface area contributed by atoms with Crippen molar-refractivity contribution < 1.29 is 64.0 Å². The molecular weight excluding hydrogens is 973 g/mol. The fourth-order valence-corrected chi connectivity index (χ4v) is 11.3. The predicted octanol–water partition coefficient (Wildman–Crippen LogP) is 0.289. The number of nitrogens with one attached hydrogen (secondary N) is 3. The highest BCUT2D eigenvalue weighted by molar-refractivity contribution is 6.24. The lowest BCUT2D eigenvalue weighted by Gasteiger charge is -2.48. The van der Waals surface area contributed by atoms with E-state index in [-0.39, 0.29) is 61.3 Å². The molecule has 16 atom stereocenters. The highest BCUT2D eigenvalue weighted by Crippen LogP contribution is 2.44. The first-order valence-corrected chi connectivity index (χ1v) is 25.4. The first-order valence-electron chi connectivity index (χ1n) is 25.4. The van der Waals surface area contributed by atoms with Crippen molar-refractivity contribution in [2.24, 2.45) is 28.7 Å². The summed E-state index contributed by atoms with van der Waals surface area (Å²) in [6.45, 7) is 13.3. The van der Waals surface area contributed by atoms with Crippen LogP contribution in [0.5, 0.6) is 0 Å². The summed E-state index contributed by atoms with van der Waals surface area (Å²) >= 11 is 0. The molecule has 5 aliphatic rings. The minimum Gasteiger partial charge on any atom is -0.481 e. The number of allylic oxidation sites excluding steroid dienone is 1. The third-order valence-electron chi connectivity index (χ3n) is 15.7. The largest absolute Gasteiger partial charge is 0.481 e. The van der Waals surface area contributed by atoms with Crippen molar-refractivity contribution in [2.75, 3.05) is 13.1 Å². The van der Waals surface area contributed by atoms with Gasteiger partial charge in [0.2, 0.25) is 5.91 Å². The third kappa shape index (κ3) is 10.9. The quantitative estimate of drug-likeness (QED) is 0.0972. The van der Waals surface area contributed by atoms with E-state index < -0.39 is 122 Å². The zero-order valence-electron chi connectivity index (χ0n) is 42.7. The molecule has 0 radical (unpaired) electrons. The summed E-state index contributed by atoms with van der Waals surface area (Å²) in [7, 11) is 0. The molecule has 4 aliphatic heterocycles. The van der Waals surface area contributed by atoms with Crippen LogP contribution in [-0.2, 0) is 46.2 Å². The Morgan fingerprint density at radius 2 is 1.48 bits per heavy atom. The van der Waals surface area contributed by atoms with Crippen LogP contribution >= 0.6 is 0 Å². The van der Waals surface area contributed by atoms with E-state index in [2.05, 4.69) is 21.9 Å². The van der Waals surface area contributed by atoms with Crippen molar-refractivity contribution in [1.82, 2.24) is 25.3 Å². The number of aromatic nitrogens is 4. The van der Waals surface area contributed by atoms with Gasteiger partial charge in [-0.15, -0.1) is 0 Å². The van der Waals surface area contributed by atoms with Crippen LogP contribution in [0.3, 0.4) is 0 Å². The third-order valence-corrected chi connectivity index (χ3v) is 15.7.